The number of hydrogen-bond acceptors (Lipinski definition) is 3. The minimum atomic E-state index is 0.764. The first-order valence-electron chi connectivity index (χ1n) is 10.1. The molecule has 0 amide bonds. The molecule has 4 aromatic rings. The summed E-state index contributed by atoms with van der Waals surface area (Å²) in [7, 11) is 5.89. The van der Waals surface area contributed by atoms with Crippen molar-refractivity contribution in [1.82, 2.24) is 14.5 Å². The number of rotatable bonds is 7. The number of benzene rings is 2. The van der Waals surface area contributed by atoms with E-state index in [1.807, 2.05) is 42.7 Å². The van der Waals surface area contributed by atoms with Gasteiger partial charge in [0.25, 0.3) is 0 Å². The van der Waals surface area contributed by atoms with E-state index in [0.29, 0.717) is 0 Å². The highest BCUT2D eigenvalue weighted by Crippen LogP contribution is 2.37. The minimum absolute atomic E-state index is 0.764. The van der Waals surface area contributed by atoms with Crippen molar-refractivity contribution in [2.45, 2.75) is 13.0 Å². The van der Waals surface area contributed by atoms with Gasteiger partial charge in [-0.15, -0.1) is 0 Å². The van der Waals surface area contributed by atoms with Gasteiger partial charge in [-0.3, -0.25) is 4.98 Å². The Morgan fingerprint density at radius 3 is 2.60 bits per heavy atom. The maximum absolute atomic E-state index is 6.65. The van der Waals surface area contributed by atoms with Crippen molar-refractivity contribution in [2.75, 3.05) is 27.7 Å². The minimum Gasteiger partial charge on any atom is -0.497 e. The maximum atomic E-state index is 6.65. The van der Waals surface area contributed by atoms with Gasteiger partial charge in [0.15, 0.2) is 0 Å². The summed E-state index contributed by atoms with van der Waals surface area (Å²) in [5, 5.41) is 1.84. The van der Waals surface area contributed by atoms with Crippen LogP contribution in [0.3, 0.4) is 0 Å². The predicted octanol–water partition coefficient (Wildman–Crippen LogP) is 5.98. The molecule has 2 aromatic carbocycles. The van der Waals surface area contributed by atoms with Gasteiger partial charge in [-0.05, 0) is 63.0 Å². The second-order valence-electron chi connectivity index (χ2n) is 7.72. The van der Waals surface area contributed by atoms with Gasteiger partial charge in [0.1, 0.15) is 5.75 Å². The van der Waals surface area contributed by atoms with Gasteiger partial charge in [-0.1, -0.05) is 29.8 Å². The molecule has 0 radical (unpaired) electrons. The largest absolute Gasteiger partial charge is 0.497 e. The molecule has 5 heteroatoms. The van der Waals surface area contributed by atoms with Crippen molar-refractivity contribution in [2.24, 2.45) is 0 Å². The number of ether oxygens (including phenoxy) is 1. The molecule has 154 valence electrons. The molecule has 4 nitrogen and oxygen atoms in total. The van der Waals surface area contributed by atoms with Crippen LogP contribution in [0.4, 0.5) is 0 Å². The fourth-order valence-electron chi connectivity index (χ4n) is 3.82. The molecule has 4 rings (SSSR count). The second-order valence-corrected chi connectivity index (χ2v) is 8.13. The summed E-state index contributed by atoms with van der Waals surface area (Å²) in [6, 6.07) is 16.3. The second kappa shape index (κ2) is 8.90. The normalized spacial score (nSPS) is 11.4. The van der Waals surface area contributed by atoms with E-state index in [0.717, 1.165) is 63.4 Å². The molecular weight excluding hydrogens is 394 g/mol. The van der Waals surface area contributed by atoms with E-state index < -0.39 is 0 Å². The van der Waals surface area contributed by atoms with Crippen LogP contribution in [0.2, 0.25) is 5.02 Å². The molecule has 2 aromatic heterocycles. The SMILES string of the molecule is COc1cccc(-c2cncc(-c3cn(CCCN(C)C)c4cccc(Cl)c34)c2)c1. The average molecular weight is 420 g/mol. The van der Waals surface area contributed by atoms with Crippen LogP contribution in [0.15, 0.2) is 67.1 Å². The lowest BCUT2D eigenvalue weighted by molar-refractivity contribution is 0.388. The zero-order valence-electron chi connectivity index (χ0n) is 17.6. The van der Waals surface area contributed by atoms with Crippen LogP contribution in [-0.4, -0.2) is 42.2 Å². The first-order valence-corrected chi connectivity index (χ1v) is 10.5. The number of halogens is 1. The van der Waals surface area contributed by atoms with E-state index in [-0.39, 0.29) is 0 Å². The van der Waals surface area contributed by atoms with Crippen molar-refractivity contribution in [3.8, 4) is 28.0 Å². The molecular formula is C25H26ClN3O. The van der Waals surface area contributed by atoms with Crippen LogP contribution in [0.1, 0.15) is 6.42 Å². The highest BCUT2D eigenvalue weighted by atomic mass is 35.5. The summed E-state index contributed by atoms with van der Waals surface area (Å²) in [6.45, 7) is 1.99. The molecule has 0 saturated heterocycles. The number of aromatic nitrogens is 2. The standard InChI is InChI=1S/C25H26ClN3O/c1-28(2)11-6-12-29-17-22(25-23(26)9-5-10-24(25)29)20-13-19(15-27-16-20)18-7-4-8-21(14-18)30-3/h4-5,7-10,13-17H,6,11-12H2,1-3H3. The number of fused-ring (bicyclic) bond motifs is 1. The highest BCUT2D eigenvalue weighted by Gasteiger charge is 2.14. The third-order valence-corrected chi connectivity index (χ3v) is 5.63. The molecule has 0 saturated carbocycles. The van der Waals surface area contributed by atoms with Gasteiger partial charge in [0.05, 0.1) is 17.6 Å². The molecule has 0 unspecified atom stereocenters. The summed E-state index contributed by atoms with van der Waals surface area (Å²) in [4.78, 5) is 6.73. The monoisotopic (exact) mass is 419 g/mol. The van der Waals surface area contributed by atoms with Crippen LogP contribution < -0.4 is 4.74 Å². The number of nitrogens with zero attached hydrogens (tertiary/aromatic N) is 3. The van der Waals surface area contributed by atoms with Crippen molar-refractivity contribution < 1.29 is 4.74 Å². The number of methoxy groups -OCH3 is 1. The summed E-state index contributed by atoms with van der Waals surface area (Å²) in [5.41, 5.74) is 5.44. The quantitative estimate of drug-likeness (QED) is 0.369. The Morgan fingerprint density at radius 2 is 1.80 bits per heavy atom. The van der Waals surface area contributed by atoms with Gasteiger partial charge in [-0.2, -0.15) is 0 Å². The van der Waals surface area contributed by atoms with Gasteiger partial charge in [0, 0.05) is 47.2 Å². The van der Waals surface area contributed by atoms with E-state index in [4.69, 9.17) is 16.3 Å². The first-order chi connectivity index (χ1) is 14.6. The number of aryl methyl sites for hydroxylation is 1. The first kappa shape index (κ1) is 20.5. The third kappa shape index (κ3) is 4.20. The van der Waals surface area contributed by atoms with E-state index in [1.54, 1.807) is 7.11 Å². The van der Waals surface area contributed by atoms with E-state index in [2.05, 4.69) is 52.9 Å². The van der Waals surface area contributed by atoms with Gasteiger partial charge in [-0.25, -0.2) is 0 Å². The van der Waals surface area contributed by atoms with E-state index in [9.17, 15) is 0 Å². The van der Waals surface area contributed by atoms with Gasteiger partial charge < -0.3 is 14.2 Å². The molecule has 0 aliphatic carbocycles. The summed E-state index contributed by atoms with van der Waals surface area (Å²) < 4.78 is 7.68. The average Bonchev–Trinajstić information content (AvgIpc) is 3.14. The third-order valence-electron chi connectivity index (χ3n) is 5.31. The summed E-state index contributed by atoms with van der Waals surface area (Å²) in [6.07, 6.45) is 7.07. The van der Waals surface area contributed by atoms with E-state index in [1.165, 1.54) is 0 Å². The zero-order chi connectivity index (χ0) is 21.1. The smallest absolute Gasteiger partial charge is 0.119 e. The predicted molar refractivity (Wildman–Crippen MR) is 125 cm³/mol. The molecule has 0 aliphatic rings. The molecule has 0 aliphatic heterocycles. The Labute approximate surface area is 182 Å². The van der Waals surface area contributed by atoms with Crippen LogP contribution >= 0.6 is 11.6 Å². The lowest BCUT2D eigenvalue weighted by atomic mass is 10.0. The molecule has 30 heavy (non-hydrogen) atoms. The molecule has 2 heterocycles. The van der Waals surface area contributed by atoms with Crippen molar-refractivity contribution >= 4 is 22.5 Å². The Kier molecular flexibility index (Phi) is 6.07. The molecule has 0 bridgehead atoms. The van der Waals surface area contributed by atoms with Crippen LogP contribution in [0.5, 0.6) is 5.75 Å². The Balaban J connectivity index is 1.77. The van der Waals surface area contributed by atoms with Gasteiger partial charge >= 0.3 is 0 Å². The van der Waals surface area contributed by atoms with Crippen LogP contribution in [0, 0.1) is 0 Å². The lowest BCUT2D eigenvalue weighted by Crippen LogP contribution is -2.14. The molecule has 0 N–H and O–H groups in total. The highest BCUT2D eigenvalue weighted by molar-refractivity contribution is 6.36. The number of pyridine rings is 1. The molecule has 0 atom stereocenters. The van der Waals surface area contributed by atoms with Gasteiger partial charge in [0.2, 0.25) is 0 Å². The maximum Gasteiger partial charge on any atom is 0.119 e. The molecule has 0 fully saturated rings. The fraction of sp³-hybridized carbons (Fsp3) is 0.240. The van der Waals surface area contributed by atoms with Crippen molar-refractivity contribution in [3.05, 3.63) is 72.1 Å². The van der Waals surface area contributed by atoms with Crippen molar-refractivity contribution in [1.29, 1.82) is 0 Å². The van der Waals surface area contributed by atoms with E-state index >= 15 is 0 Å². The van der Waals surface area contributed by atoms with Crippen LogP contribution in [-0.2, 0) is 6.54 Å². The Morgan fingerprint density at radius 1 is 1.00 bits per heavy atom. The fourth-order valence-corrected chi connectivity index (χ4v) is 4.09. The lowest BCUT2D eigenvalue weighted by Gasteiger charge is -2.10. The zero-order valence-corrected chi connectivity index (χ0v) is 18.4. The summed E-state index contributed by atoms with van der Waals surface area (Å²) in [5.74, 6) is 0.832. The Bertz CT molecular complexity index is 1170. The Hall–Kier alpha value is -2.82. The number of hydrogen-bond donors (Lipinski definition) is 0. The summed E-state index contributed by atoms with van der Waals surface area (Å²) >= 11 is 6.65. The van der Waals surface area contributed by atoms with Crippen LogP contribution in [0.25, 0.3) is 33.2 Å². The topological polar surface area (TPSA) is 30.3 Å². The molecule has 0 spiro atoms. The van der Waals surface area contributed by atoms with Crippen molar-refractivity contribution in [3.63, 3.8) is 0 Å².